The molecule has 3 amide bonds. The first-order chi connectivity index (χ1) is 24.0. The summed E-state index contributed by atoms with van der Waals surface area (Å²) in [5.74, 6) is -1.22. The van der Waals surface area contributed by atoms with E-state index in [1.165, 1.54) is 53.4 Å². The highest BCUT2D eigenvalue weighted by Gasteiger charge is 2.41. The zero-order valence-electron chi connectivity index (χ0n) is 27.5. The van der Waals surface area contributed by atoms with E-state index in [9.17, 15) is 40.7 Å². The first-order valence-corrected chi connectivity index (χ1v) is 17.4. The number of hydrogen-bond acceptors (Lipinski definition) is 6. The van der Waals surface area contributed by atoms with Gasteiger partial charge < -0.3 is 29.7 Å². The second-order valence-electron chi connectivity index (χ2n) is 12.8. The lowest BCUT2D eigenvalue weighted by molar-refractivity contribution is -0.928. The van der Waals surface area contributed by atoms with Crippen molar-refractivity contribution in [1.82, 2.24) is 4.90 Å². The molecular formula is C36H37F4N4O6S+. The number of carbonyl (C=O) groups excluding carboxylic acids is 2. The van der Waals surface area contributed by atoms with Crippen molar-refractivity contribution < 1.29 is 49.3 Å². The molecule has 4 aromatic rings. The second-order valence-corrected chi connectivity index (χ2v) is 14.4. The number of nitrogens with one attached hydrogen (secondary N) is 1. The highest BCUT2D eigenvalue weighted by atomic mass is 32.2. The number of alkyl halides is 3. The minimum atomic E-state index is -4.64. The monoisotopic (exact) mass is 729 g/mol. The zero-order valence-corrected chi connectivity index (χ0v) is 28.3. The van der Waals surface area contributed by atoms with E-state index in [1.807, 2.05) is 7.05 Å². The molecule has 15 heteroatoms. The summed E-state index contributed by atoms with van der Waals surface area (Å²) in [6.07, 6.45) is -3.29. The summed E-state index contributed by atoms with van der Waals surface area (Å²) in [5.41, 5.74) is 6.72. The molecule has 0 spiro atoms. The van der Waals surface area contributed by atoms with Gasteiger partial charge in [0.25, 0.3) is 0 Å². The lowest BCUT2D eigenvalue weighted by atomic mass is 9.96. The van der Waals surface area contributed by atoms with Crippen LogP contribution in [0.25, 0.3) is 0 Å². The Kier molecular flexibility index (Phi) is 10.9. The summed E-state index contributed by atoms with van der Waals surface area (Å²) in [6, 6.07) is 18.4. The van der Waals surface area contributed by atoms with Crippen LogP contribution in [0.5, 0.6) is 11.5 Å². The Bertz CT molecular complexity index is 1940. The van der Waals surface area contributed by atoms with Crippen molar-refractivity contribution in [2.45, 2.75) is 49.0 Å². The molecule has 3 atom stereocenters. The number of hydrogen-bond donors (Lipinski definition) is 3. The van der Waals surface area contributed by atoms with Gasteiger partial charge in [0, 0.05) is 17.7 Å². The van der Waals surface area contributed by atoms with Crippen LogP contribution >= 0.6 is 0 Å². The van der Waals surface area contributed by atoms with E-state index in [-0.39, 0.29) is 29.4 Å². The van der Waals surface area contributed by atoms with Crippen molar-refractivity contribution >= 4 is 27.7 Å². The number of carbonyl (C=O) groups is 2. The topological polar surface area (TPSA) is 139 Å². The van der Waals surface area contributed by atoms with Crippen LogP contribution < -0.4 is 15.2 Å². The molecule has 0 saturated carbocycles. The predicted octanol–water partition coefficient (Wildman–Crippen LogP) is 6.06. The van der Waals surface area contributed by atoms with Crippen molar-refractivity contribution in [3.63, 3.8) is 0 Å². The van der Waals surface area contributed by atoms with Gasteiger partial charge in [-0.15, -0.1) is 0 Å². The number of nitrogens with two attached hydrogens (primary N) is 1. The van der Waals surface area contributed by atoms with Crippen molar-refractivity contribution in [2.75, 3.05) is 25.5 Å². The van der Waals surface area contributed by atoms with Crippen LogP contribution in [0.4, 0.5) is 28.0 Å². The smallest absolute Gasteiger partial charge is 0.416 e. The predicted molar refractivity (Wildman–Crippen MR) is 180 cm³/mol. The number of benzene rings is 4. The number of urea groups is 1. The number of likely N-dealkylation sites (tertiary alicyclic amines) is 1. The van der Waals surface area contributed by atoms with E-state index in [2.05, 4.69) is 5.32 Å². The third kappa shape index (κ3) is 9.55. The van der Waals surface area contributed by atoms with Gasteiger partial charge in [-0.1, -0.05) is 24.3 Å². The Hall–Kier alpha value is -5.15. The molecule has 5 rings (SSSR count). The number of piperidine rings is 1. The quantitative estimate of drug-likeness (QED) is 0.0976. The van der Waals surface area contributed by atoms with Gasteiger partial charge in [-0.05, 0) is 91.2 Å². The molecule has 0 aliphatic carbocycles. The highest BCUT2D eigenvalue weighted by molar-refractivity contribution is 7.87. The maximum absolute atomic E-state index is 14.1. The van der Waals surface area contributed by atoms with Crippen molar-refractivity contribution in [2.24, 2.45) is 5.73 Å². The normalized spacial score (nSPS) is 18.4. The van der Waals surface area contributed by atoms with E-state index >= 15 is 0 Å². The van der Waals surface area contributed by atoms with E-state index in [0.717, 1.165) is 30.7 Å². The average molecular weight is 730 g/mol. The number of quaternary nitrogens is 1. The number of likely N-dealkylation sites (N-methyl/N-ethyl adjacent to an activating group) is 1. The van der Waals surface area contributed by atoms with Crippen LogP contribution in [-0.4, -0.2) is 67.1 Å². The number of phenolic OH excluding ortho intramolecular Hbond substituents is 1. The van der Waals surface area contributed by atoms with Crippen LogP contribution in [0.1, 0.15) is 29.5 Å². The Balaban J connectivity index is 1.37. The summed E-state index contributed by atoms with van der Waals surface area (Å²) in [4.78, 5) is 28.1. The highest BCUT2D eigenvalue weighted by Crippen LogP contribution is 2.31. The number of rotatable bonds is 11. The molecule has 0 bridgehead atoms. The van der Waals surface area contributed by atoms with Crippen LogP contribution in [0.3, 0.4) is 0 Å². The number of aromatic hydroxyl groups is 1. The van der Waals surface area contributed by atoms with Gasteiger partial charge in [0.2, 0.25) is 5.91 Å². The summed E-state index contributed by atoms with van der Waals surface area (Å²) in [6.45, 7) is 1.79. The van der Waals surface area contributed by atoms with Gasteiger partial charge in [-0.25, -0.2) is 9.18 Å². The third-order valence-corrected chi connectivity index (χ3v) is 10.1. The molecule has 1 aliphatic rings. The fraction of sp³-hybridized carbons (Fsp3) is 0.278. The van der Waals surface area contributed by atoms with Crippen LogP contribution in [-0.2, 0) is 34.1 Å². The van der Waals surface area contributed by atoms with E-state index in [4.69, 9.17) is 9.92 Å². The van der Waals surface area contributed by atoms with Crippen molar-refractivity contribution in [3.05, 3.63) is 120 Å². The molecule has 4 aromatic carbocycles. The molecule has 270 valence electrons. The molecule has 1 heterocycles. The SMILES string of the molecule is C[N+]1(Cc2ccc(F)cc2)CCC[C@H](N(C(=O)Nc2ccc(OS(=O)(=O)c3ccc(C(F)(F)F)cc3)cc2)[C@@H](Cc2ccc(O)cc2)C(N)=O)C1. The van der Waals surface area contributed by atoms with Crippen LogP contribution in [0, 0.1) is 5.82 Å². The first-order valence-electron chi connectivity index (χ1n) is 16.0. The van der Waals surface area contributed by atoms with Gasteiger partial charge in [-0.2, -0.15) is 21.6 Å². The lowest BCUT2D eigenvalue weighted by Crippen LogP contribution is -2.62. The average Bonchev–Trinajstić information content (AvgIpc) is 3.07. The number of phenols is 1. The Morgan fingerprint density at radius 2 is 1.57 bits per heavy atom. The van der Waals surface area contributed by atoms with E-state index < -0.39 is 50.8 Å². The van der Waals surface area contributed by atoms with Crippen molar-refractivity contribution in [3.8, 4) is 11.5 Å². The number of amides is 3. The Morgan fingerprint density at radius 1 is 0.961 bits per heavy atom. The zero-order chi connectivity index (χ0) is 37.0. The summed E-state index contributed by atoms with van der Waals surface area (Å²) >= 11 is 0. The minimum absolute atomic E-state index is 0.0321. The van der Waals surface area contributed by atoms with Gasteiger partial charge in [0.15, 0.2) is 0 Å². The molecule has 0 radical (unpaired) electrons. The van der Waals surface area contributed by atoms with E-state index in [0.29, 0.717) is 41.7 Å². The molecule has 1 unspecified atom stereocenters. The van der Waals surface area contributed by atoms with Gasteiger partial charge in [0.05, 0.1) is 31.7 Å². The standard InChI is InChI=1S/C36H36F4N4O6S/c1-44(22-25-4-10-27(37)11-5-25)20-2-3-29(23-44)43(33(34(41)46)21-24-6-14-30(45)15-7-24)35(47)42-28-12-16-31(17-13-28)50-51(48,49)32-18-8-26(9-19-32)36(38,39)40/h4-19,29,33H,2-3,20-23H2,1H3,(H3-,41,42,45,46,47)/p+1/t29-,33-,44?/m0/s1. The molecule has 10 nitrogen and oxygen atoms in total. The Labute approximate surface area is 292 Å². The van der Waals surface area contributed by atoms with Crippen LogP contribution in [0.2, 0.25) is 0 Å². The number of halogens is 4. The summed E-state index contributed by atoms with van der Waals surface area (Å²) in [7, 11) is -2.45. The molecule has 1 aliphatic heterocycles. The summed E-state index contributed by atoms with van der Waals surface area (Å²) in [5, 5.41) is 12.5. The lowest BCUT2D eigenvalue weighted by Gasteiger charge is -2.46. The molecule has 51 heavy (non-hydrogen) atoms. The fourth-order valence-electron chi connectivity index (χ4n) is 6.32. The van der Waals surface area contributed by atoms with Crippen LogP contribution in [0.15, 0.2) is 102 Å². The second kappa shape index (κ2) is 15.0. The summed E-state index contributed by atoms with van der Waals surface area (Å²) < 4.78 is 83.4. The molecule has 1 fully saturated rings. The molecule has 1 saturated heterocycles. The Morgan fingerprint density at radius 3 is 2.16 bits per heavy atom. The number of primary amides is 1. The molecule has 4 N–H and O–H groups in total. The molecular weight excluding hydrogens is 692 g/mol. The van der Waals surface area contributed by atoms with Gasteiger partial charge >= 0.3 is 22.3 Å². The number of nitrogens with zero attached hydrogens (tertiary/aromatic N) is 2. The largest absolute Gasteiger partial charge is 0.508 e. The molecule has 0 aromatic heterocycles. The maximum atomic E-state index is 14.1. The third-order valence-electron chi connectivity index (χ3n) is 8.80. The van der Waals surface area contributed by atoms with Crippen molar-refractivity contribution in [1.29, 1.82) is 0 Å². The first kappa shape index (κ1) is 37.1. The maximum Gasteiger partial charge on any atom is 0.416 e. The minimum Gasteiger partial charge on any atom is -0.508 e. The fourth-order valence-corrected chi connectivity index (χ4v) is 7.25. The van der Waals surface area contributed by atoms with Gasteiger partial charge in [0.1, 0.15) is 34.8 Å². The van der Waals surface area contributed by atoms with Gasteiger partial charge in [-0.3, -0.25) is 4.79 Å². The van der Waals surface area contributed by atoms with E-state index in [1.54, 1.807) is 24.3 Å². The number of anilines is 1.